The van der Waals surface area contributed by atoms with Crippen LogP contribution in [0, 0.1) is 0 Å². The quantitative estimate of drug-likeness (QED) is 0.244. The molecule has 0 radical (unpaired) electrons. The second kappa shape index (κ2) is 9.89. The molecule has 0 spiro atoms. The van der Waals surface area contributed by atoms with Gasteiger partial charge in [0.2, 0.25) is 0 Å². The van der Waals surface area contributed by atoms with Crippen LogP contribution in [0.2, 0.25) is 0 Å². The van der Waals surface area contributed by atoms with Gasteiger partial charge in [-0.3, -0.25) is 0 Å². The molecule has 0 unspecified atom stereocenters. The van der Waals surface area contributed by atoms with Crippen LogP contribution in [0.25, 0.3) is 0 Å². The molecule has 2 aromatic rings. The number of sulfonamides is 1. The van der Waals surface area contributed by atoms with Gasteiger partial charge in [-0.05, 0) is 12.0 Å². The summed E-state index contributed by atoms with van der Waals surface area (Å²) < 4.78 is 66.6. The number of halogens is 4. The van der Waals surface area contributed by atoms with Crippen molar-refractivity contribution < 1.29 is 43.8 Å². The zero-order chi connectivity index (χ0) is 20.1. The number of alkyl halides is 3. The summed E-state index contributed by atoms with van der Waals surface area (Å²) in [4.78, 5) is 0. The van der Waals surface area contributed by atoms with E-state index in [4.69, 9.17) is 5.21 Å². The van der Waals surface area contributed by atoms with E-state index in [0.717, 1.165) is 0 Å². The lowest BCUT2D eigenvalue weighted by Gasteiger charge is -2.23. The summed E-state index contributed by atoms with van der Waals surface area (Å²) in [5.74, 6) is 0.519. The fourth-order valence-corrected chi connectivity index (χ4v) is 3.56. The van der Waals surface area contributed by atoms with Crippen LogP contribution in [-0.4, -0.2) is 40.8 Å². The second-order valence-electron chi connectivity index (χ2n) is 5.83. The third kappa shape index (κ3) is 5.69. The first-order valence-corrected chi connectivity index (χ1v) is 9.43. The highest BCUT2D eigenvalue weighted by atomic mass is 35.5. The van der Waals surface area contributed by atoms with Gasteiger partial charge in [-0.25, -0.2) is 17.6 Å². The molecule has 1 aromatic carbocycles. The summed E-state index contributed by atoms with van der Waals surface area (Å²) >= 11 is 0. The zero-order valence-corrected chi connectivity index (χ0v) is 16.5. The highest BCUT2D eigenvalue weighted by Crippen LogP contribution is 2.28. The van der Waals surface area contributed by atoms with Crippen molar-refractivity contribution in [3.05, 3.63) is 54.1 Å². The van der Waals surface area contributed by atoms with Crippen LogP contribution >= 0.6 is 0 Å². The van der Waals surface area contributed by atoms with Gasteiger partial charge < -0.3 is 17.6 Å². The fourth-order valence-electron chi connectivity index (χ4n) is 2.58. The van der Waals surface area contributed by atoms with Crippen molar-refractivity contribution in [3.8, 4) is 0 Å². The smallest absolute Gasteiger partial charge is 0.511 e. The first kappa shape index (κ1) is 23.9. The third-order valence-electron chi connectivity index (χ3n) is 3.94. The van der Waals surface area contributed by atoms with Crippen molar-refractivity contribution >= 4 is 16.2 Å². The summed E-state index contributed by atoms with van der Waals surface area (Å²) in [7, 11) is -3.74. The molecule has 0 aliphatic heterocycles. The van der Waals surface area contributed by atoms with Crippen molar-refractivity contribution in [2.24, 2.45) is 12.2 Å². The Balaban J connectivity index is 0.00000392. The van der Waals surface area contributed by atoms with E-state index in [9.17, 15) is 21.6 Å². The molecule has 0 amide bonds. The van der Waals surface area contributed by atoms with E-state index in [-0.39, 0.29) is 38.5 Å². The molecule has 0 aliphatic carbocycles. The van der Waals surface area contributed by atoms with Crippen LogP contribution < -0.4 is 17.0 Å². The monoisotopic (exact) mass is 440 g/mol. The minimum Gasteiger partial charge on any atom is -1.00 e. The van der Waals surface area contributed by atoms with Crippen LogP contribution in [0.5, 0.6) is 0 Å². The minimum atomic E-state index is -5.45. The standard InChI is InChI=1S/C16H19F3N4O3S.ClH/c1-21-10-11-22(15(21)12-20-24)8-5-9-23(27(25,26)16(17,18)19)13-14-6-3-2-4-7-14;/h2-4,6-7,10-12H,5,8-9,13H2,1H3;1H. The van der Waals surface area contributed by atoms with Crippen LogP contribution in [0.3, 0.4) is 0 Å². The Kier molecular flexibility index (Phi) is 8.46. The van der Waals surface area contributed by atoms with Gasteiger partial charge in [0.25, 0.3) is 0 Å². The van der Waals surface area contributed by atoms with E-state index >= 15 is 0 Å². The first-order chi connectivity index (χ1) is 12.7. The predicted octanol–water partition coefficient (Wildman–Crippen LogP) is -1.13. The van der Waals surface area contributed by atoms with E-state index in [0.29, 0.717) is 15.7 Å². The van der Waals surface area contributed by atoms with Gasteiger partial charge >= 0.3 is 21.4 Å². The predicted molar refractivity (Wildman–Crippen MR) is 91.4 cm³/mol. The van der Waals surface area contributed by atoms with Crippen molar-refractivity contribution in [1.82, 2.24) is 8.87 Å². The Labute approximate surface area is 167 Å². The van der Waals surface area contributed by atoms with Gasteiger partial charge in [0, 0.05) is 13.1 Å². The number of imidazole rings is 1. The second-order valence-corrected chi connectivity index (χ2v) is 7.76. The van der Waals surface area contributed by atoms with Gasteiger partial charge in [-0.2, -0.15) is 17.5 Å². The molecule has 0 fully saturated rings. The topological polar surface area (TPSA) is 78.8 Å². The Bertz CT molecular complexity index is 886. The lowest BCUT2D eigenvalue weighted by atomic mass is 10.2. The van der Waals surface area contributed by atoms with Crippen molar-refractivity contribution in [3.63, 3.8) is 0 Å². The number of hydrogen-bond acceptors (Lipinski definition) is 4. The van der Waals surface area contributed by atoms with Gasteiger partial charge in [0.15, 0.2) is 6.21 Å². The number of aryl methyl sites for hydroxylation is 2. The molecular weight excluding hydrogens is 421 g/mol. The maximum absolute atomic E-state index is 13.0. The van der Waals surface area contributed by atoms with Crippen molar-refractivity contribution in [2.45, 2.75) is 25.0 Å². The number of oxime groups is 1. The largest absolute Gasteiger partial charge is 1.00 e. The van der Waals surface area contributed by atoms with Crippen molar-refractivity contribution in [1.29, 1.82) is 0 Å². The summed E-state index contributed by atoms with van der Waals surface area (Å²) in [6, 6.07) is 8.10. The maximum atomic E-state index is 13.0. The Morgan fingerprint density at radius 1 is 1.29 bits per heavy atom. The third-order valence-corrected chi connectivity index (χ3v) is 5.52. The minimum absolute atomic E-state index is 0. The van der Waals surface area contributed by atoms with Crippen LogP contribution in [0.4, 0.5) is 13.2 Å². The molecule has 12 heteroatoms. The molecule has 0 aliphatic rings. The number of aromatic nitrogens is 2. The molecule has 28 heavy (non-hydrogen) atoms. The Morgan fingerprint density at radius 3 is 2.50 bits per heavy atom. The Hall–Kier alpha value is -2.11. The van der Waals surface area contributed by atoms with E-state index in [2.05, 4.69) is 5.16 Å². The average molecular weight is 441 g/mol. The van der Waals surface area contributed by atoms with Gasteiger partial charge in [-0.15, -0.1) is 0 Å². The molecule has 0 bridgehead atoms. The summed E-state index contributed by atoms with van der Waals surface area (Å²) in [6.45, 7) is -0.428. The van der Waals surface area contributed by atoms with Gasteiger partial charge in [0.05, 0.1) is 13.6 Å². The van der Waals surface area contributed by atoms with Crippen LogP contribution in [0.1, 0.15) is 17.8 Å². The highest BCUT2D eigenvalue weighted by molar-refractivity contribution is 7.89. The van der Waals surface area contributed by atoms with E-state index in [1.54, 1.807) is 58.9 Å². The zero-order valence-electron chi connectivity index (χ0n) is 14.9. The van der Waals surface area contributed by atoms with Gasteiger partial charge in [0.1, 0.15) is 12.4 Å². The Morgan fingerprint density at radius 2 is 1.93 bits per heavy atom. The fraction of sp³-hybridized carbons (Fsp3) is 0.375. The van der Waals surface area contributed by atoms with E-state index < -0.39 is 15.5 Å². The number of nitrogens with zero attached hydrogens (tertiary/aromatic N) is 4. The summed E-state index contributed by atoms with van der Waals surface area (Å²) in [5.41, 5.74) is -4.90. The molecule has 0 saturated heterocycles. The number of hydrogen-bond donors (Lipinski definition) is 1. The summed E-state index contributed by atoms with van der Waals surface area (Å²) in [6.07, 6.45) is 4.68. The van der Waals surface area contributed by atoms with Crippen LogP contribution in [0.15, 0.2) is 47.9 Å². The molecule has 1 heterocycles. The van der Waals surface area contributed by atoms with E-state index in [1.807, 2.05) is 0 Å². The normalized spacial score (nSPS) is 12.5. The lowest BCUT2D eigenvalue weighted by Crippen LogP contribution is -3.00. The number of rotatable bonds is 8. The molecule has 2 rings (SSSR count). The summed E-state index contributed by atoms with van der Waals surface area (Å²) in [5, 5.41) is 11.6. The van der Waals surface area contributed by atoms with Crippen LogP contribution in [-0.2, 0) is 30.2 Å². The first-order valence-electron chi connectivity index (χ1n) is 7.99. The lowest BCUT2D eigenvalue weighted by molar-refractivity contribution is -0.671. The van der Waals surface area contributed by atoms with Gasteiger partial charge in [-0.1, -0.05) is 35.5 Å². The molecule has 1 aromatic heterocycles. The number of benzene rings is 1. The maximum Gasteiger partial charge on any atom is 0.511 e. The highest BCUT2D eigenvalue weighted by Gasteiger charge is 2.49. The van der Waals surface area contributed by atoms with E-state index in [1.165, 1.54) is 6.21 Å². The molecule has 7 nitrogen and oxygen atoms in total. The molecule has 1 N–H and O–H groups in total. The molecule has 0 saturated carbocycles. The molecular formula is C16H20ClF3N4O3S. The van der Waals surface area contributed by atoms with Crippen molar-refractivity contribution in [2.75, 3.05) is 6.54 Å². The molecule has 0 atom stereocenters. The SMILES string of the molecule is C[n+]1ccn(CCCN(Cc2ccccc2)S(=O)(=O)C(F)(F)F)c1/C=N/O.[Cl-]. The molecule has 156 valence electrons. The average Bonchev–Trinajstić information content (AvgIpc) is 2.94.